The number of carbonyl (C=O) groups is 2. The summed E-state index contributed by atoms with van der Waals surface area (Å²) in [5.74, 6) is 0.840. The molecule has 2 bridgehead atoms. The van der Waals surface area contributed by atoms with Crippen molar-refractivity contribution in [2.24, 2.45) is 5.92 Å². The topological polar surface area (TPSA) is 61.4 Å². The summed E-state index contributed by atoms with van der Waals surface area (Å²) in [6, 6.07) is 1.04. The fourth-order valence-corrected chi connectivity index (χ4v) is 4.18. The van der Waals surface area contributed by atoms with Gasteiger partial charge < -0.3 is 15.5 Å². The molecule has 1 aliphatic carbocycles. The summed E-state index contributed by atoms with van der Waals surface area (Å²) in [5.41, 5.74) is 0. The van der Waals surface area contributed by atoms with Crippen molar-refractivity contribution in [1.82, 2.24) is 15.5 Å². The lowest BCUT2D eigenvalue weighted by molar-refractivity contribution is -0.133. The van der Waals surface area contributed by atoms with E-state index in [-0.39, 0.29) is 30.8 Å². The van der Waals surface area contributed by atoms with Gasteiger partial charge in [0.2, 0.25) is 11.8 Å². The van der Waals surface area contributed by atoms with Gasteiger partial charge in [0.1, 0.15) is 0 Å². The lowest BCUT2D eigenvalue weighted by Crippen LogP contribution is -2.44. The average Bonchev–Trinajstić information content (AvgIpc) is 3.12. The number of likely N-dealkylation sites (tertiary alicyclic amines) is 1. The predicted molar refractivity (Wildman–Crippen MR) is 92.6 cm³/mol. The Hall–Kier alpha value is -0.810. The van der Waals surface area contributed by atoms with Gasteiger partial charge in [-0.1, -0.05) is 25.7 Å². The predicted octanol–water partition coefficient (Wildman–Crippen LogP) is 1.85. The molecular formula is C17H30ClN3O2. The Bertz CT molecular complexity index is 413. The van der Waals surface area contributed by atoms with Gasteiger partial charge >= 0.3 is 0 Å². The summed E-state index contributed by atoms with van der Waals surface area (Å²) in [5, 5.41) is 6.39. The molecule has 6 heteroatoms. The Balaban J connectivity index is 0.00000192. The maximum Gasteiger partial charge on any atom is 0.242 e. The highest BCUT2D eigenvalue weighted by Crippen LogP contribution is 2.28. The van der Waals surface area contributed by atoms with Crippen LogP contribution in [0.25, 0.3) is 0 Å². The molecule has 0 spiro atoms. The van der Waals surface area contributed by atoms with Gasteiger partial charge in [0.15, 0.2) is 0 Å². The molecule has 2 atom stereocenters. The number of hydrogen-bond acceptors (Lipinski definition) is 3. The van der Waals surface area contributed by atoms with Crippen molar-refractivity contribution in [2.45, 2.75) is 69.9 Å². The molecule has 0 aromatic rings. The fraction of sp³-hybridized carbons (Fsp3) is 0.882. The summed E-state index contributed by atoms with van der Waals surface area (Å²) in [4.78, 5) is 26.1. The van der Waals surface area contributed by atoms with Crippen LogP contribution in [0.2, 0.25) is 0 Å². The minimum absolute atomic E-state index is 0. The van der Waals surface area contributed by atoms with E-state index >= 15 is 0 Å². The summed E-state index contributed by atoms with van der Waals surface area (Å²) < 4.78 is 0. The van der Waals surface area contributed by atoms with Crippen molar-refractivity contribution in [2.75, 3.05) is 19.6 Å². The zero-order valence-corrected chi connectivity index (χ0v) is 14.7. The van der Waals surface area contributed by atoms with Crippen LogP contribution in [0.15, 0.2) is 0 Å². The van der Waals surface area contributed by atoms with E-state index < -0.39 is 0 Å². The smallest absolute Gasteiger partial charge is 0.242 e. The largest absolute Gasteiger partial charge is 0.347 e. The van der Waals surface area contributed by atoms with E-state index in [1.807, 2.05) is 4.90 Å². The first-order valence-electron chi connectivity index (χ1n) is 9.01. The molecule has 0 aromatic carbocycles. The number of amides is 2. The molecule has 1 saturated carbocycles. The standard InChI is InChI=1S/C17H29N3O2.ClH/c21-16(8-5-13-3-1-2-4-13)18-11-17(22)20-10-9-14-6-7-15(12-20)19-14;/h13-15,19H,1-12H2,(H,18,21);1H. The Morgan fingerprint density at radius 2 is 1.78 bits per heavy atom. The van der Waals surface area contributed by atoms with Crippen molar-refractivity contribution in [3.63, 3.8) is 0 Å². The number of nitrogens with one attached hydrogen (secondary N) is 2. The van der Waals surface area contributed by atoms with Crippen LogP contribution in [-0.2, 0) is 9.59 Å². The molecule has 2 heterocycles. The van der Waals surface area contributed by atoms with E-state index in [1.54, 1.807) is 0 Å². The first-order chi connectivity index (χ1) is 10.7. The van der Waals surface area contributed by atoms with Gasteiger partial charge in [-0.25, -0.2) is 0 Å². The lowest BCUT2D eigenvalue weighted by Gasteiger charge is -2.24. The lowest BCUT2D eigenvalue weighted by atomic mass is 10.0. The summed E-state index contributed by atoms with van der Waals surface area (Å²) in [7, 11) is 0. The summed E-state index contributed by atoms with van der Waals surface area (Å²) >= 11 is 0. The first kappa shape index (κ1) is 18.5. The maximum absolute atomic E-state index is 12.3. The van der Waals surface area contributed by atoms with E-state index in [1.165, 1.54) is 38.5 Å². The second-order valence-electron chi connectivity index (χ2n) is 7.23. The normalized spacial score (nSPS) is 27.4. The van der Waals surface area contributed by atoms with Crippen LogP contribution in [0.1, 0.15) is 57.8 Å². The Morgan fingerprint density at radius 3 is 2.57 bits per heavy atom. The zero-order valence-electron chi connectivity index (χ0n) is 13.9. The molecule has 2 saturated heterocycles. The molecule has 2 aliphatic heterocycles. The molecule has 2 N–H and O–H groups in total. The molecule has 3 fully saturated rings. The third kappa shape index (κ3) is 5.35. The first-order valence-corrected chi connectivity index (χ1v) is 9.01. The van der Waals surface area contributed by atoms with Crippen molar-refractivity contribution in [1.29, 1.82) is 0 Å². The minimum Gasteiger partial charge on any atom is -0.347 e. The molecule has 5 nitrogen and oxygen atoms in total. The molecule has 132 valence electrons. The van der Waals surface area contributed by atoms with Crippen LogP contribution >= 0.6 is 12.4 Å². The third-order valence-electron chi connectivity index (χ3n) is 5.57. The number of fused-ring (bicyclic) bond motifs is 2. The molecule has 2 amide bonds. The maximum atomic E-state index is 12.3. The molecule has 0 aromatic heterocycles. The fourth-order valence-electron chi connectivity index (χ4n) is 4.18. The Labute approximate surface area is 145 Å². The summed E-state index contributed by atoms with van der Waals surface area (Å²) in [6.45, 7) is 1.79. The number of hydrogen-bond donors (Lipinski definition) is 2. The van der Waals surface area contributed by atoms with E-state index in [9.17, 15) is 9.59 Å². The molecule has 23 heavy (non-hydrogen) atoms. The highest BCUT2D eigenvalue weighted by atomic mass is 35.5. The molecule has 3 aliphatic rings. The van der Waals surface area contributed by atoms with E-state index in [2.05, 4.69) is 10.6 Å². The van der Waals surface area contributed by atoms with Gasteiger partial charge in [-0.2, -0.15) is 0 Å². The summed E-state index contributed by atoms with van der Waals surface area (Å²) in [6.07, 6.45) is 10.2. The van der Waals surface area contributed by atoms with Crippen molar-refractivity contribution < 1.29 is 9.59 Å². The minimum atomic E-state index is 0. The molecular weight excluding hydrogens is 314 g/mol. The van der Waals surface area contributed by atoms with Crippen LogP contribution in [0, 0.1) is 5.92 Å². The van der Waals surface area contributed by atoms with E-state index in [0.717, 1.165) is 31.8 Å². The molecule has 2 unspecified atom stereocenters. The van der Waals surface area contributed by atoms with Crippen molar-refractivity contribution >= 4 is 24.2 Å². The van der Waals surface area contributed by atoms with E-state index in [0.29, 0.717) is 18.5 Å². The van der Waals surface area contributed by atoms with Gasteiger partial charge in [0, 0.05) is 31.6 Å². The van der Waals surface area contributed by atoms with Crippen LogP contribution in [0.5, 0.6) is 0 Å². The van der Waals surface area contributed by atoms with Crippen LogP contribution in [0.4, 0.5) is 0 Å². The van der Waals surface area contributed by atoms with Gasteiger partial charge in [-0.15, -0.1) is 12.4 Å². The van der Waals surface area contributed by atoms with Crippen LogP contribution < -0.4 is 10.6 Å². The van der Waals surface area contributed by atoms with Crippen molar-refractivity contribution in [3.8, 4) is 0 Å². The highest BCUT2D eigenvalue weighted by Gasteiger charge is 2.31. The molecule has 3 rings (SSSR count). The van der Waals surface area contributed by atoms with Gasteiger partial charge in [0.25, 0.3) is 0 Å². The van der Waals surface area contributed by atoms with E-state index in [4.69, 9.17) is 0 Å². The van der Waals surface area contributed by atoms with Gasteiger partial charge in [-0.05, 0) is 31.6 Å². The SMILES string of the molecule is Cl.O=C(CCC1CCCC1)NCC(=O)N1CCC2CCC(C1)N2. The monoisotopic (exact) mass is 343 g/mol. The van der Waals surface area contributed by atoms with Crippen LogP contribution in [0.3, 0.4) is 0 Å². The second-order valence-corrected chi connectivity index (χ2v) is 7.23. The third-order valence-corrected chi connectivity index (χ3v) is 5.57. The number of rotatable bonds is 5. The molecule has 0 radical (unpaired) electrons. The quantitative estimate of drug-likeness (QED) is 0.800. The number of nitrogens with zero attached hydrogens (tertiary/aromatic N) is 1. The second kappa shape index (κ2) is 8.88. The average molecular weight is 344 g/mol. The zero-order chi connectivity index (χ0) is 15.4. The van der Waals surface area contributed by atoms with Crippen LogP contribution in [-0.4, -0.2) is 48.4 Å². The number of carbonyl (C=O) groups excluding carboxylic acids is 2. The Morgan fingerprint density at radius 1 is 1.04 bits per heavy atom. The highest BCUT2D eigenvalue weighted by molar-refractivity contribution is 5.85. The van der Waals surface area contributed by atoms with Gasteiger partial charge in [-0.3, -0.25) is 9.59 Å². The Kier molecular flexibility index (Phi) is 7.15. The number of halogens is 1. The van der Waals surface area contributed by atoms with Crippen molar-refractivity contribution in [3.05, 3.63) is 0 Å². The van der Waals surface area contributed by atoms with Gasteiger partial charge in [0.05, 0.1) is 6.54 Å².